The smallest absolute Gasteiger partial charge is 0.204 e. The normalized spacial score (nSPS) is 11.2. The lowest BCUT2D eigenvalue weighted by atomic mass is 10.0. The van der Waals surface area contributed by atoms with Gasteiger partial charge < -0.3 is 14.2 Å². The van der Waals surface area contributed by atoms with Gasteiger partial charge in [-0.2, -0.15) is 0 Å². The maximum atomic E-state index is 13.2. The summed E-state index contributed by atoms with van der Waals surface area (Å²) in [5, 5.41) is 0.573. The molecule has 0 aliphatic rings. The highest BCUT2D eigenvalue weighted by molar-refractivity contribution is 7.90. The third-order valence-corrected chi connectivity index (χ3v) is 6.82. The molecule has 1 aromatic heterocycles. The van der Waals surface area contributed by atoms with E-state index in [0.717, 1.165) is 11.8 Å². The van der Waals surface area contributed by atoms with Gasteiger partial charge in [0.25, 0.3) is 0 Å². The molecule has 3 rings (SSSR count). The number of ketones is 1. The Kier molecular flexibility index (Phi) is 8.41. The van der Waals surface area contributed by atoms with Crippen LogP contribution in [0.5, 0.6) is 17.2 Å². The van der Waals surface area contributed by atoms with E-state index in [1.807, 2.05) is 0 Å². The largest absolute Gasteiger partial charge is 0.493 e. The first-order valence-corrected chi connectivity index (χ1v) is 12.8. The Bertz CT molecular complexity index is 1290. The third kappa shape index (κ3) is 6.00. The van der Waals surface area contributed by atoms with Crippen LogP contribution in [-0.4, -0.2) is 46.3 Å². The van der Waals surface area contributed by atoms with Crippen LogP contribution in [0.1, 0.15) is 21.5 Å². The van der Waals surface area contributed by atoms with E-state index in [4.69, 9.17) is 37.4 Å². The lowest BCUT2D eigenvalue weighted by Crippen LogP contribution is -2.11. The van der Waals surface area contributed by atoms with Crippen LogP contribution in [0.4, 0.5) is 0 Å². The molecular formula is C24H23Cl2NO6S. The zero-order valence-corrected chi connectivity index (χ0v) is 21.1. The molecule has 0 saturated heterocycles. The molecule has 0 saturated carbocycles. The number of pyridine rings is 1. The Morgan fingerprint density at radius 3 is 2.32 bits per heavy atom. The molecule has 3 aromatic rings. The molecule has 2 aromatic carbocycles. The second-order valence-corrected chi connectivity index (χ2v) is 10.2. The zero-order chi connectivity index (χ0) is 24.9. The van der Waals surface area contributed by atoms with Crippen molar-refractivity contribution in [2.75, 3.05) is 27.1 Å². The summed E-state index contributed by atoms with van der Waals surface area (Å²) in [6, 6.07) is 9.82. The summed E-state index contributed by atoms with van der Waals surface area (Å²) in [6.07, 6.45) is 4.34. The van der Waals surface area contributed by atoms with Crippen LogP contribution in [0.15, 0.2) is 53.7 Å². The van der Waals surface area contributed by atoms with Crippen LogP contribution in [-0.2, 0) is 22.7 Å². The Morgan fingerprint density at radius 1 is 1.00 bits per heavy atom. The highest BCUT2D eigenvalue weighted by atomic mass is 35.5. The topological polar surface area (TPSA) is 91.8 Å². The number of sulfone groups is 1. The molecule has 0 N–H and O–H groups in total. The molecule has 0 bridgehead atoms. The minimum absolute atomic E-state index is 0.0670. The average Bonchev–Trinajstić information content (AvgIpc) is 2.80. The molecule has 0 amide bonds. The van der Waals surface area contributed by atoms with Gasteiger partial charge in [-0.1, -0.05) is 35.3 Å². The van der Waals surface area contributed by atoms with Gasteiger partial charge in [-0.05, 0) is 29.8 Å². The number of carbonyl (C=O) groups excluding carboxylic acids is 1. The molecule has 0 fully saturated rings. The molecule has 0 radical (unpaired) electrons. The van der Waals surface area contributed by atoms with Crippen molar-refractivity contribution in [3.05, 3.63) is 75.5 Å². The lowest BCUT2D eigenvalue weighted by Gasteiger charge is -2.17. The molecule has 0 aliphatic carbocycles. The SMILES string of the molecule is COc1ccc(C(=O)Cc2c(Cl)cncc2Cl)c(OCCc2cccc(S(C)(=O)=O)c2)c1OC. The van der Waals surface area contributed by atoms with E-state index in [2.05, 4.69) is 4.98 Å². The fraction of sp³-hybridized carbons (Fsp3) is 0.250. The van der Waals surface area contributed by atoms with Crippen LogP contribution in [0.25, 0.3) is 0 Å². The van der Waals surface area contributed by atoms with E-state index in [1.54, 1.807) is 30.3 Å². The van der Waals surface area contributed by atoms with E-state index < -0.39 is 9.84 Å². The highest BCUT2D eigenvalue weighted by Gasteiger charge is 2.23. The summed E-state index contributed by atoms with van der Waals surface area (Å²) in [7, 11) is -0.393. The fourth-order valence-electron chi connectivity index (χ4n) is 3.33. The second kappa shape index (κ2) is 11.1. The maximum absolute atomic E-state index is 13.2. The highest BCUT2D eigenvalue weighted by Crippen LogP contribution is 2.41. The van der Waals surface area contributed by atoms with Crippen molar-refractivity contribution >= 4 is 38.8 Å². The van der Waals surface area contributed by atoms with Gasteiger partial charge in [0.1, 0.15) is 0 Å². The zero-order valence-electron chi connectivity index (χ0n) is 18.8. The third-order valence-electron chi connectivity index (χ3n) is 5.05. The van der Waals surface area contributed by atoms with E-state index in [0.29, 0.717) is 17.7 Å². The summed E-state index contributed by atoms with van der Waals surface area (Å²) < 4.78 is 40.5. The molecule has 0 atom stereocenters. The fourth-order valence-corrected chi connectivity index (χ4v) is 4.52. The van der Waals surface area contributed by atoms with Gasteiger partial charge in [0.05, 0.1) is 41.3 Å². The van der Waals surface area contributed by atoms with Crippen molar-refractivity contribution < 1.29 is 27.4 Å². The van der Waals surface area contributed by atoms with Crippen LogP contribution in [0.3, 0.4) is 0 Å². The number of carbonyl (C=O) groups is 1. The summed E-state index contributed by atoms with van der Waals surface area (Å²) in [4.78, 5) is 17.4. The predicted octanol–water partition coefficient (Wildman–Crippen LogP) is 4.86. The van der Waals surface area contributed by atoms with Crippen molar-refractivity contribution in [3.63, 3.8) is 0 Å². The first kappa shape index (κ1) is 25.8. The van der Waals surface area contributed by atoms with Crippen molar-refractivity contribution in [2.24, 2.45) is 0 Å². The number of hydrogen-bond acceptors (Lipinski definition) is 7. The molecule has 1 heterocycles. The van der Waals surface area contributed by atoms with Gasteiger partial charge in [0.2, 0.25) is 5.75 Å². The summed E-state index contributed by atoms with van der Waals surface area (Å²) in [6.45, 7) is 0.161. The Morgan fingerprint density at radius 2 is 1.71 bits per heavy atom. The van der Waals surface area contributed by atoms with E-state index in [-0.39, 0.29) is 50.8 Å². The first-order valence-electron chi connectivity index (χ1n) is 10.1. The number of hydrogen-bond donors (Lipinski definition) is 0. The van der Waals surface area contributed by atoms with Gasteiger partial charge in [0.15, 0.2) is 27.1 Å². The summed E-state index contributed by atoms with van der Waals surface area (Å²) in [5.41, 5.74) is 1.50. The van der Waals surface area contributed by atoms with Gasteiger partial charge >= 0.3 is 0 Å². The number of aromatic nitrogens is 1. The monoisotopic (exact) mass is 523 g/mol. The van der Waals surface area contributed by atoms with Crippen molar-refractivity contribution in [3.8, 4) is 17.2 Å². The predicted molar refractivity (Wildman–Crippen MR) is 131 cm³/mol. The van der Waals surface area contributed by atoms with Crippen LogP contribution >= 0.6 is 23.2 Å². The minimum Gasteiger partial charge on any atom is -0.493 e. The number of methoxy groups -OCH3 is 2. The van der Waals surface area contributed by atoms with E-state index in [9.17, 15) is 13.2 Å². The molecular weight excluding hydrogens is 501 g/mol. The summed E-state index contributed by atoms with van der Waals surface area (Å²) in [5.74, 6) is 0.593. The number of benzene rings is 2. The van der Waals surface area contributed by atoms with Crippen molar-refractivity contribution in [1.82, 2.24) is 4.98 Å². The quantitative estimate of drug-likeness (QED) is 0.350. The molecule has 0 spiro atoms. The molecule has 0 aliphatic heterocycles. The first-order chi connectivity index (χ1) is 16.2. The lowest BCUT2D eigenvalue weighted by molar-refractivity contribution is 0.0988. The molecule has 0 unspecified atom stereocenters. The Balaban J connectivity index is 1.89. The molecule has 34 heavy (non-hydrogen) atoms. The maximum Gasteiger partial charge on any atom is 0.204 e. The van der Waals surface area contributed by atoms with Crippen LogP contribution < -0.4 is 14.2 Å². The van der Waals surface area contributed by atoms with E-state index in [1.165, 1.54) is 32.7 Å². The molecule has 10 heteroatoms. The average molecular weight is 524 g/mol. The number of Topliss-reactive ketones (excluding diaryl/α,β-unsaturated/α-hetero) is 1. The molecule has 7 nitrogen and oxygen atoms in total. The van der Waals surface area contributed by atoms with Gasteiger partial charge in [-0.15, -0.1) is 0 Å². The number of nitrogens with zero attached hydrogens (tertiary/aromatic N) is 1. The number of rotatable bonds is 10. The minimum atomic E-state index is -3.33. The van der Waals surface area contributed by atoms with Gasteiger partial charge in [-0.25, -0.2) is 8.42 Å². The van der Waals surface area contributed by atoms with Crippen LogP contribution in [0.2, 0.25) is 10.0 Å². The summed E-state index contributed by atoms with van der Waals surface area (Å²) >= 11 is 12.4. The standard InChI is InChI=1S/C24H23Cl2NO6S/c1-31-22-8-7-17(21(28)12-18-19(25)13-27-14-20(18)26)23(24(22)32-2)33-10-9-15-5-4-6-16(11-15)34(3,29)30/h4-8,11,13-14H,9-10,12H2,1-3H3. The second-order valence-electron chi connectivity index (χ2n) is 7.38. The van der Waals surface area contributed by atoms with E-state index >= 15 is 0 Å². The molecule has 180 valence electrons. The van der Waals surface area contributed by atoms with Crippen molar-refractivity contribution in [1.29, 1.82) is 0 Å². The van der Waals surface area contributed by atoms with Crippen LogP contribution in [0, 0.1) is 0 Å². The Labute approximate surface area is 208 Å². The van der Waals surface area contributed by atoms with Gasteiger partial charge in [-0.3, -0.25) is 9.78 Å². The Hall–Kier alpha value is -2.81. The number of ether oxygens (including phenoxy) is 3. The van der Waals surface area contributed by atoms with Gasteiger partial charge in [0, 0.05) is 37.1 Å². The van der Waals surface area contributed by atoms with Crippen molar-refractivity contribution in [2.45, 2.75) is 17.7 Å². The number of halogens is 2.